The molecule has 0 atom stereocenters. The summed E-state index contributed by atoms with van der Waals surface area (Å²) in [6, 6.07) is 6.31. The van der Waals surface area contributed by atoms with Crippen molar-refractivity contribution in [2.75, 3.05) is 36.5 Å². The van der Waals surface area contributed by atoms with Crippen molar-refractivity contribution in [1.29, 1.82) is 5.26 Å². The van der Waals surface area contributed by atoms with Crippen LogP contribution in [0.25, 0.3) is 0 Å². The molecule has 0 saturated carbocycles. The molecule has 0 aliphatic carbocycles. The molecule has 1 N–H and O–H groups in total. The monoisotopic (exact) mass is 336 g/mol. The number of nitro groups is 1. The number of benzene rings is 1. The third-order valence-corrected chi connectivity index (χ3v) is 5.34. The number of nitriles is 1. The van der Waals surface area contributed by atoms with Crippen LogP contribution < -0.4 is 5.32 Å². The molecular weight excluding hydrogens is 316 g/mol. The van der Waals surface area contributed by atoms with Gasteiger partial charge in [-0.2, -0.15) is 5.26 Å². The minimum absolute atomic E-state index is 0.0976. The van der Waals surface area contributed by atoms with E-state index >= 15 is 0 Å². The Bertz CT molecular complexity index is 659. The lowest BCUT2D eigenvalue weighted by Crippen LogP contribution is -2.53. The summed E-state index contributed by atoms with van der Waals surface area (Å²) in [5.41, 5.74) is 0.356. The van der Waals surface area contributed by atoms with Crippen LogP contribution in [0, 0.1) is 21.4 Å². The van der Waals surface area contributed by atoms with Crippen molar-refractivity contribution < 1.29 is 9.13 Å². The molecule has 8 heteroatoms. The second kappa shape index (κ2) is 7.06. The predicted octanol–water partition coefficient (Wildman–Crippen LogP) is 1.72. The Morgan fingerprint density at radius 3 is 2.65 bits per heavy atom. The first kappa shape index (κ1) is 17.4. The van der Waals surface area contributed by atoms with Crippen LogP contribution in [0.1, 0.15) is 19.4 Å². The van der Waals surface area contributed by atoms with Gasteiger partial charge in [-0.05, 0) is 26.0 Å². The second-order valence-electron chi connectivity index (χ2n) is 6.10. The summed E-state index contributed by atoms with van der Waals surface area (Å²) in [5.74, 6) is 1.33. The summed E-state index contributed by atoms with van der Waals surface area (Å²) >= 11 is 0. The van der Waals surface area contributed by atoms with E-state index in [-0.39, 0.29) is 16.8 Å². The molecule has 0 aromatic heterocycles. The number of nitrogens with zero attached hydrogens (tertiary/aromatic N) is 3. The lowest BCUT2D eigenvalue weighted by atomic mass is 10.0. The van der Waals surface area contributed by atoms with E-state index in [4.69, 9.17) is 5.26 Å². The zero-order valence-corrected chi connectivity index (χ0v) is 14.1. The van der Waals surface area contributed by atoms with Gasteiger partial charge in [0.1, 0.15) is 5.69 Å². The Morgan fingerprint density at radius 1 is 1.43 bits per heavy atom. The van der Waals surface area contributed by atoms with Crippen molar-refractivity contribution in [3.8, 4) is 6.07 Å². The number of nitrogens with one attached hydrogen (secondary N) is 1. The summed E-state index contributed by atoms with van der Waals surface area (Å²) in [5, 5.41) is 23.2. The molecule has 0 unspecified atom stereocenters. The molecule has 0 bridgehead atoms. The van der Waals surface area contributed by atoms with Crippen LogP contribution in [-0.4, -0.2) is 50.7 Å². The van der Waals surface area contributed by atoms with E-state index < -0.39 is 15.7 Å². The van der Waals surface area contributed by atoms with E-state index in [1.54, 1.807) is 12.1 Å². The van der Waals surface area contributed by atoms with E-state index in [1.165, 1.54) is 6.07 Å². The zero-order chi connectivity index (χ0) is 17.0. The normalized spacial score (nSPS) is 16.7. The van der Waals surface area contributed by atoms with Crippen molar-refractivity contribution in [1.82, 2.24) is 4.90 Å². The van der Waals surface area contributed by atoms with E-state index in [0.29, 0.717) is 23.7 Å². The highest BCUT2D eigenvalue weighted by Crippen LogP contribution is 2.27. The van der Waals surface area contributed by atoms with Gasteiger partial charge in [0.2, 0.25) is 0 Å². The maximum Gasteiger partial charge on any atom is 0.293 e. The molecule has 1 saturated heterocycles. The third kappa shape index (κ3) is 4.27. The van der Waals surface area contributed by atoms with E-state index in [9.17, 15) is 14.3 Å². The number of hydrogen-bond acceptors (Lipinski definition) is 6. The fourth-order valence-corrected chi connectivity index (χ4v) is 3.62. The minimum Gasteiger partial charge on any atom is -0.378 e. The maximum absolute atomic E-state index is 11.5. The highest BCUT2D eigenvalue weighted by molar-refractivity contribution is 7.85. The first-order chi connectivity index (χ1) is 10.8. The van der Waals surface area contributed by atoms with Gasteiger partial charge in [0.25, 0.3) is 5.69 Å². The minimum atomic E-state index is -0.731. The molecule has 1 aromatic rings. The number of nitro benzene ring substituents is 1. The van der Waals surface area contributed by atoms with Crippen LogP contribution in [0.4, 0.5) is 11.4 Å². The van der Waals surface area contributed by atoms with Crippen LogP contribution in [0.15, 0.2) is 18.2 Å². The second-order valence-corrected chi connectivity index (χ2v) is 7.80. The quantitative estimate of drug-likeness (QED) is 0.649. The van der Waals surface area contributed by atoms with E-state index in [0.717, 1.165) is 13.1 Å². The first-order valence-corrected chi connectivity index (χ1v) is 8.85. The molecular formula is C15H20N4O3S. The largest absolute Gasteiger partial charge is 0.378 e. The van der Waals surface area contributed by atoms with Crippen LogP contribution in [0.2, 0.25) is 0 Å². The molecule has 1 aliphatic heterocycles. The van der Waals surface area contributed by atoms with Gasteiger partial charge in [-0.15, -0.1) is 0 Å². The van der Waals surface area contributed by atoms with Gasteiger partial charge in [0.15, 0.2) is 0 Å². The lowest BCUT2D eigenvalue weighted by molar-refractivity contribution is -0.384. The molecule has 0 radical (unpaired) electrons. The summed E-state index contributed by atoms with van der Waals surface area (Å²) in [6.45, 7) is 6.16. The van der Waals surface area contributed by atoms with Crippen molar-refractivity contribution in [2.45, 2.75) is 19.4 Å². The van der Waals surface area contributed by atoms with Crippen molar-refractivity contribution >= 4 is 22.2 Å². The van der Waals surface area contributed by atoms with Gasteiger partial charge in [0.05, 0.1) is 16.6 Å². The zero-order valence-electron chi connectivity index (χ0n) is 13.2. The Morgan fingerprint density at radius 2 is 2.09 bits per heavy atom. The van der Waals surface area contributed by atoms with Gasteiger partial charge < -0.3 is 5.32 Å². The summed E-state index contributed by atoms with van der Waals surface area (Å²) in [7, 11) is -0.731. The lowest BCUT2D eigenvalue weighted by Gasteiger charge is -2.40. The SMILES string of the molecule is CC(C)(CNc1ccc(C#N)cc1[N+](=O)[O-])N1CCS(=O)CC1. The van der Waals surface area contributed by atoms with Gasteiger partial charge in [-0.1, -0.05) is 0 Å². The molecule has 1 heterocycles. The molecule has 0 spiro atoms. The van der Waals surface area contributed by atoms with Crippen LogP contribution in [0.3, 0.4) is 0 Å². The van der Waals surface area contributed by atoms with Gasteiger partial charge >= 0.3 is 0 Å². The number of rotatable bonds is 5. The fourth-order valence-electron chi connectivity index (χ4n) is 2.57. The predicted molar refractivity (Wildman–Crippen MR) is 89.8 cm³/mol. The molecule has 7 nitrogen and oxygen atoms in total. The molecule has 124 valence electrons. The van der Waals surface area contributed by atoms with Gasteiger partial charge in [-0.3, -0.25) is 19.2 Å². The smallest absolute Gasteiger partial charge is 0.293 e. The summed E-state index contributed by atoms with van der Waals surface area (Å²) < 4.78 is 11.5. The summed E-state index contributed by atoms with van der Waals surface area (Å²) in [4.78, 5) is 12.9. The summed E-state index contributed by atoms with van der Waals surface area (Å²) in [6.07, 6.45) is 0. The highest BCUT2D eigenvalue weighted by atomic mass is 32.2. The molecule has 2 rings (SSSR count). The molecule has 23 heavy (non-hydrogen) atoms. The third-order valence-electron chi connectivity index (χ3n) is 4.07. The van der Waals surface area contributed by atoms with Crippen molar-refractivity contribution in [3.63, 3.8) is 0 Å². The van der Waals surface area contributed by atoms with Crippen molar-refractivity contribution in [2.24, 2.45) is 0 Å². The maximum atomic E-state index is 11.5. The Kier molecular flexibility index (Phi) is 5.34. The fraction of sp³-hybridized carbons (Fsp3) is 0.533. The van der Waals surface area contributed by atoms with Crippen LogP contribution in [0.5, 0.6) is 0 Å². The highest BCUT2D eigenvalue weighted by Gasteiger charge is 2.30. The topological polar surface area (TPSA) is 99.3 Å². The molecule has 1 aromatic carbocycles. The van der Waals surface area contributed by atoms with Crippen LogP contribution in [-0.2, 0) is 10.8 Å². The van der Waals surface area contributed by atoms with Gasteiger partial charge in [0, 0.05) is 53.5 Å². The van der Waals surface area contributed by atoms with Crippen LogP contribution >= 0.6 is 0 Å². The Balaban J connectivity index is 2.09. The van der Waals surface area contributed by atoms with E-state index in [2.05, 4.69) is 24.1 Å². The van der Waals surface area contributed by atoms with Gasteiger partial charge in [-0.25, -0.2) is 0 Å². The number of hydrogen-bond donors (Lipinski definition) is 1. The molecule has 1 fully saturated rings. The first-order valence-electron chi connectivity index (χ1n) is 7.36. The molecule has 1 aliphatic rings. The Labute approximate surface area is 137 Å². The van der Waals surface area contributed by atoms with Crippen molar-refractivity contribution in [3.05, 3.63) is 33.9 Å². The number of anilines is 1. The average molecular weight is 336 g/mol. The average Bonchev–Trinajstić information content (AvgIpc) is 2.53. The standard InChI is InChI=1S/C15H20N4O3S/c1-15(2,18-5-7-23(22)8-6-18)11-17-13-4-3-12(10-16)9-14(13)19(20)21/h3-4,9,17H,5-8,11H2,1-2H3. The molecule has 0 amide bonds. The Hall–Kier alpha value is -1.98. The van der Waals surface area contributed by atoms with E-state index in [1.807, 2.05) is 6.07 Å².